The van der Waals surface area contributed by atoms with E-state index in [1.165, 1.54) is 0 Å². The summed E-state index contributed by atoms with van der Waals surface area (Å²) in [5, 5.41) is 8.09. The molecular weight excluding hydrogens is 120 g/mol. The fraction of sp³-hybridized carbons (Fsp3) is 0.800. The standard InChI is InChI=1S/C5H12N2O2/c1-2-3-4(6)5(8)7-9/h4,9H,2-3,6H2,1H3,(H,7,8)/p+1/t4-/m0/s1. The van der Waals surface area contributed by atoms with Gasteiger partial charge in [-0.15, -0.1) is 0 Å². The molecule has 9 heavy (non-hydrogen) atoms. The van der Waals surface area contributed by atoms with E-state index in [4.69, 9.17) is 5.21 Å². The van der Waals surface area contributed by atoms with E-state index in [2.05, 4.69) is 5.73 Å². The zero-order chi connectivity index (χ0) is 7.28. The molecule has 5 N–H and O–H groups in total. The zero-order valence-corrected chi connectivity index (χ0v) is 5.55. The number of carbonyl (C=O) groups excluding carboxylic acids is 1. The highest BCUT2D eigenvalue weighted by atomic mass is 16.5. The summed E-state index contributed by atoms with van der Waals surface area (Å²) in [6.07, 6.45) is 1.62. The molecule has 0 aliphatic rings. The molecule has 0 bridgehead atoms. The van der Waals surface area contributed by atoms with Crippen LogP contribution in [0.5, 0.6) is 0 Å². The van der Waals surface area contributed by atoms with Crippen molar-refractivity contribution in [3.63, 3.8) is 0 Å². The van der Waals surface area contributed by atoms with Gasteiger partial charge < -0.3 is 5.73 Å². The third kappa shape index (κ3) is 3.05. The van der Waals surface area contributed by atoms with E-state index in [-0.39, 0.29) is 6.04 Å². The average molecular weight is 133 g/mol. The van der Waals surface area contributed by atoms with Crippen LogP contribution >= 0.6 is 0 Å². The van der Waals surface area contributed by atoms with Crippen molar-refractivity contribution in [2.45, 2.75) is 25.8 Å². The lowest BCUT2D eigenvalue weighted by atomic mass is 10.2. The number of amides is 1. The van der Waals surface area contributed by atoms with E-state index in [1.54, 1.807) is 5.48 Å². The molecule has 1 atom stereocenters. The van der Waals surface area contributed by atoms with E-state index in [9.17, 15) is 4.79 Å². The van der Waals surface area contributed by atoms with Gasteiger partial charge in [0.05, 0.1) is 0 Å². The van der Waals surface area contributed by atoms with Crippen LogP contribution in [-0.2, 0) is 4.79 Å². The second kappa shape index (κ2) is 4.29. The van der Waals surface area contributed by atoms with Gasteiger partial charge in [-0.1, -0.05) is 6.92 Å². The van der Waals surface area contributed by atoms with Crippen LogP contribution in [-0.4, -0.2) is 17.2 Å². The van der Waals surface area contributed by atoms with E-state index in [0.29, 0.717) is 6.42 Å². The Labute approximate surface area is 54.0 Å². The fourth-order valence-electron chi connectivity index (χ4n) is 0.571. The SMILES string of the molecule is CCC[C@H]([NH3+])C(=O)NO. The number of nitrogens with one attached hydrogen (secondary N) is 1. The minimum atomic E-state index is -0.406. The van der Waals surface area contributed by atoms with E-state index < -0.39 is 5.91 Å². The third-order valence-electron chi connectivity index (χ3n) is 1.12. The summed E-state index contributed by atoms with van der Waals surface area (Å²) in [6.45, 7) is 1.96. The average Bonchev–Trinajstić information content (AvgIpc) is 1.87. The highest BCUT2D eigenvalue weighted by Gasteiger charge is 2.13. The van der Waals surface area contributed by atoms with Gasteiger partial charge in [-0.25, -0.2) is 5.48 Å². The predicted molar refractivity (Wildman–Crippen MR) is 31.5 cm³/mol. The minimum Gasteiger partial charge on any atom is -0.347 e. The van der Waals surface area contributed by atoms with Crippen molar-refractivity contribution in [1.82, 2.24) is 5.48 Å². The number of rotatable bonds is 3. The van der Waals surface area contributed by atoms with E-state index in [0.717, 1.165) is 6.42 Å². The van der Waals surface area contributed by atoms with Gasteiger partial charge in [-0.05, 0) is 6.42 Å². The van der Waals surface area contributed by atoms with Gasteiger partial charge in [-0.3, -0.25) is 10.0 Å². The van der Waals surface area contributed by atoms with Crippen molar-refractivity contribution >= 4 is 5.91 Å². The molecule has 0 saturated heterocycles. The van der Waals surface area contributed by atoms with E-state index >= 15 is 0 Å². The Kier molecular flexibility index (Phi) is 4.00. The molecule has 0 unspecified atom stereocenters. The first-order valence-corrected chi connectivity index (χ1v) is 2.99. The largest absolute Gasteiger partial charge is 0.347 e. The van der Waals surface area contributed by atoms with Crippen LogP contribution in [0.1, 0.15) is 19.8 Å². The maximum atomic E-state index is 10.5. The number of quaternary nitrogens is 1. The highest BCUT2D eigenvalue weighted by molar-refractivity contribution is 5.78. The van der Waals surface area contributed by atoms with Crippen LogP contribution in [0.25, 0.3) is 0 Å². The predicted octanol–water partition coefficient (Wildman–Crippen LogP) is -1.10. The maximum Gasteiger partial charge on any atom is 0.301 e. The summed E-state index contributed by atoms with van der Waals surface area (Å²) in [5.74, 6) is -0.406. The maximum absolute atomic E-state index is 10.5. The molecule has 54 valence electrons. The highest BCUT2D eigenvalue weighted by Crippen LogP contribution is 1.89. The Morgan fingerprint density at radius 2 is 2.44 bits per heavy atom. The van der Waals surface area contributed by atoms with Gasteiger partial charge in [-0.2, -0.15) is 0 Å². The molecule has 0 radical (unpaired) electrons. The fourth-order valence-corrected chi connectivity index (χ4v) is 0.571. The third-order valence-corrected chi connectivity index (χ3v) is 1.12. The summed E-state index contributed by atoms with van der Waals surface area (Å²) < 4.78 is 0. The van der Waals surface area contributed by atoms with Gasteiger partial charge in [0.1, 0.15) is 0 Å². The van der Waals surface area contributed by atoms with Gasteiger partial charge in [0.2, 0.25) is 0 Å². The Morgan fingerprint density at radius 3 is 2.78 bits per heavy atom. The van der Waals surface area contributed by atoms with Crippen LogP contribution in [0.2, 0.25) is 0 Å². The zero-order valence-electron chi connectivity index (χ0n) is 5.55. The Balaban J connectivity index is 3.45. The summed E-state index contributed by atoms with van der Waals surface area (Å²) in [6, 6.07) is -0.319. The molecule has 0 aliphatic carbocycles. The van der Waals surface area contributed by atoms with Crippen LogP contribution < -0.4 is 11.2 Å². The van der Waals surface area contributed by atoms with Crippen LogP contribution in [0, 0.1) is 0 Å². The Morgan fingerprint density at radius 1 is 1.89 bits per heavy atom. The molecule has 0 aromatic heterocycles. The second-order valence-corrected chi connectivity index (χ2v) is 1.96. The summed E-state index contributed by atoms with van der Waals surface area (Å²) in [4.78, 5) is 10.5. The number of hydroxylamine groups is 1. The van der Waals surface area contributed by atoms with E-state index in [1.807, 2.05) is 6.92 Å². The molecule has 1 amide bonds. The molecule has 0 aromatic rings. The van der Waals surface area contributed by atoms with Crippen molar-refractivity contribution in [3.8, 4) is 0 Å². The second-order valence-electron chi connectivity index (χ2n) is 1.96. The van der Waals surface area contributed by atoms with Crippen molar-refractivity contribution < 1.29 is 15.7 Å². The van der Waals surface area contributed by atoms with Crippen LogP contribution in [0.15, 0.2) is 0 Å². The van der Waals surface area contributed by atoms with Gasteiger partial charge in [0.15, 0.2) is 6.04 Å². The first kappa shape index (κ1) is 8.39. The molecule has 4 nitrogen and oxygen atoms in total. The first-order chi connectivity index (χ1) is 4.22. The van der Waals surface area contributed by atoms with Gasteiger partial charge in [0.25, 0.3) is 0 Å². The molecule has 4 heteroatoms. The molecule has 0 rings (SSSR count). The topological polar surface area (TPSA) is 77.0 Å². The monoisotopic (exact) mass is 133 g/mol. The van der Waals surface area contributed by atoms with Crippen LogP contribution in [0.3, 0.4) is 0 Å². The summed E-state index contributed by atoms with van der Waals surface area (Å²) >= 11 is 0. The van der Waals surface area contributed by atoms with Gasteiger partial charge in [0, 0.05) is 6.42 Å². The normalized spacial score (nSPS) is 12.8. The Hall–Kier alpha value is -0.610. The Bertz CT molecular complexity index is 95.0. The molecule has 0 fully saturated rings. The smallest absolute Gasteiger partial charge is 0.301 e. The van der Waals surface area contributed by atoms with Crippen molar-refractivity contribution in [1.29, 1.82) is 0 Å². The lowest BCUT2D eigenvalue weighted by molar-refractivity contribution is -0.406. The van der Waals surface area contributed by atoms with Gasteiger partial charge >= 0.3 is 5.91 Å². The quantitative estimate of drug-likeness (QED) is 0.337. The molecular formula is C5H13N2O2+. The lowest BCUT2D eigenvalue weighted by Crippen LogP contribution is -2.67. The summed E-state index contributed by atoms with van der Waals surface area (Å²) in [5.41, 5.74) is 5.07. The van der Waals surface area contributed by atoms with Crippen molar-refractivity contribution in [2.75, 3.05) is 0 Å². The molecule has 0 spiro atoms. The number of hydrogen-bond donors (Lipinski definition) is 3. The van der Waals surface area contributed by atoms with Crippen molar-refractivity contribution in [3.05, 3.63) is 0 Å². The van der Waals surface area contributed by atoms with Crippen molar-refractivity contribution in [2.24, 2.45) is 0 Å². The minimum absolute atomic E-state index is 0.319. The number of hydrogen-bond acceptors (Lipinski definition) is 2. The lowest BCUT2D eigenvalue weighted by Gasteiger charge is -2.01. The summed E-state index contributed by atoms with van der Waals surface area (Å²) in [7, 11) is 0. The number of carbonyl (C=O) groups is 1. The molecule has 0 aliphatic heterocycles. The molecule has 0 saturated carbocycles. The molecule has 0 heterocycles. The first-order valence-electron chi connectivity index (χ1n) is 2.99. The van der Waals surface area contributed by atoms with Crippen LogP contribution in [0.4, 0.5) is 0 Å². The molecule has 0 aromatic carbocycles.